The van der Waals surface area contributed by atoms with Crippen molar-refractivity contribution in [3.05, 3.63) is 46.7 Å². The Hall–Kier alpha value is -1.83. The molecule has 28 heavy (non-hydrogen) atoms. The Bertz CT molecular complexity index is 731. The van der Waals surface area contributed by atoms with Gasteiger partial charge in [0, 0.05) is 43.1 Å². The number of likely N-dealkylation sites (tertiary alicyclic amines) is 2. The van der Waals surface area contributed by atoms with Crippen LogP contribution in [0.15, 0.2) is 36.1 Å². The number of amides is 1. The first-order valence-corrected chi connectivity index (χ1v) is 11.2. The van der Waals surface area contributed by atoms with Gasteiger partial charge in [-0.2, -0.15) is 0 Å². The zero-order valence-electron chi connectivity index (χ0n) is 16.3. The summed E-state index contributed by atoms with van der Waals surface area (Å²) in [6, 6.07) is 4.82. The molecule has 0 aliphatic carbocycles. The molecule has 1 unspecified atom stereocenters. The predicted molar refractivity (Wildman–Crippen MR) is 111 cm³/mol. The van der Waals surface area contributed by atoms with Gasteiger partial charge in [0.25, 0.3) is 0 Å². The van der Waals surface area contributed by atoms with E-state index in [1.54, 1.807) is 17.5 Å². The van der Waals surface area contributed by atoms with Crippen LogP contribution in [0.2, 0.25) is 0 Å². The molecule has 1 atom stereocenters. The summed E-state index contributed by atoms with van der Waals surface area (Å²) in [5, 5.41) is 6.01. The van der Waals surface area contributed by atoms with E-state index in [0.29, 0.717) is 12.6 Å². The molecule has 2 aromatic heterocycles. The number of carbonyl (C=O) groups is 1. The number of nitrogens with one attached hydrogen (secondary N) is 1. The van der Waals surface area contributed by atoms with E-state index in [-0.39, 0.29) is 11.8 Å². The fourth-order valence-corrected chi connectivity index (χ4v) is 4.94. The van der Waals surface area contributed by atoms with Crippen LogP contribution in [0.25, 0.3) is 0 Å². The van der Waals surface area contributed by atoms with E-state index in [9.17, 15) is 4.79 Å². The molecular formula is C21H29N5OS. The number of aromatic nitrogens is 2. The topological polar surface area (TPSA) is 61.4 Å². The van der Waals surface area contributed by atoms with E-state index in [1.165, 1.54) is 18.4 Å². The number of piperidine rings is 2. The van der Waals surface area contributed by atoms with E-state index in [0.717, 1.165) is 50.6 Å². The van der Waals surface area contributed by atoms with Gasteiger partial charge in [-0.05, 0) is 63.0 Å². The van der Waals surface area contributed by atoms with E-state index in [4.69, 9.17) is 0 Å². The fourth-order valence-electron chi connectivity index (χ4n) is 4.39. The molecule has 150 valence electrons. The molecule has 2 saturated heterocycles. The predicted octanol–water partition coefficient (Wildman–Crippen LogP) is 2.53. The second-order valence-corrected chi connectivity index (χ2v) is 8.82. The van der Waals surface area contributed by atoms with Crippen LogP contribution < -0.4 is 5.32 Å². The maximum absolute atomic E-state index is 12.6. The first-order chi connectivity index (χ1) is 13.8. The highest BCUT2D eigenvalue weighted by Gasteiger charge is 2.31. The Morgan fingerprint density at radius 3 is 2.71 bits per heavy atom. The third kappa shape index (κ3) is 5.16. The minimum absolute atomic E-state index is 0.114. The molecule has 0 aromatic carbocycles. The zero-order valence-corrected chi connectivity index (χ0v) is 17.1. The maximum Gasteiger partial charge on any atom is 0.224 e. The molecule has 1 N–H and O–H groups in total. The smallest absolute Gasteiger partial charge is 0.224 e. The second-order valence-electron chi connectivity index (χ2n) is 7.84. The lowest BCUT2D eigenvalue weighted by Gasteiger charge is -2.42. The van der Waals surface area contributed by atoms with Crippen LogP contribution in [-0.2, 0) is 17.9 Å². The summed E-state index contributed by atoms with van der Waals surface area (Å²) < 4.78 is 0. The van der Waals surface area contributed by atoms with Crippen molar-refractivity contribution in [2.45, 2.75) is 44.8 Å². The van der Waals surface area contributed by atoms with Crippen molar-refractivity contribution in [1.29, 1.82) is 0 Å². The Kier molecular flexibility index (Phi) is 6.67. The van der Waals surface area contributed by atoms with Gasteiger partial charge in [0.2, 0.25) is 5.91 Å². The molecule has 0 radical (unpaired) electrons. The summed E-state index contributed by atoms with van der Waals surface area (Å²) >= 11 is 1.59. The lowest BCUT2D eigenvalue weighted by Crippen LogP contribution is -2.50. The van der Waals surface area contributed by atoms with E-state index < -0.39 is 0 Å². The Labute approximate surface area is 171 Å². The van der Waals surface area contributed by atoms with Gasteiger partial charge < -0.3 is 5.32 Å². The lowest BCUT2D eigenvalue weighted by atomic mass is 9.93. The number of hydrogen-bond donors (Lipinski definition) is 1. The summed E-state index contributed by atoms with van der Waals surface area (Å²) in [6.45, 7) is 5.86. The number of nitrogens with zero attached hydrogens (tertiary/aromatic N) is 4. The van der Waals surface area contributed by atoms with Gasteiger partial charge in [0.05, 0.1) is 12.5 Å². The minimum atomic E-state index is 0.114. The van der Waals surface area contributed by atoms with Crippen LogP contribution in [0.1, 0.15) is 36.3 Å². The first-order valence-electron chi connectivity index (χ1n) is 10.3. The molecule has 2 aliphatic rings. The van der Waals surface area contributed by atoms with E-state index >= 15 is 0 Å². The third-order valence-electron chi connectivity index (χ3n) is 5.95. The van der Waals surface area contributed by atoms with Crippen molar-refractivity contribution in [2.24, 2.45) is 5.92 Å². The minimum Gasteiger partial charge on any atom is -0.349 e. The van der Waals surface area contributed by atoms with Gasteiger partial charge in [0.1, 0.15) is 5.01 Å². The number of rotatable bonds is 6. The summed E-state index contributed by atoms with van der Waals surface area (Å²) in [4.78, 5) is 26.1. The highest BCUT2D eigenvalue weighted by Crippen LogP contribution is 2.24. The molecule has 2 aliphatic heterocycles. The average molecular weight is 400 g/mol. The zero-order chi connectivity index (χ0) is 19.2. The van der Waals surface area contributed by atoms with Gasteiger partial charge in [-0.3, -0.25) is 19.6 Å². The number of thiazole rings is 1. The molecule has 4 rings (SSSR count). The molecule has 0 bridgehead atoms. The van der Waals surface area contributed by atoms with Gasteiger partial charge in [-0.15, -0.1) is 11.3 Å². The van der Waals surface area contributed by atoms with Gasteiger partial charge in [0.15, 0.2) is 0 Å². The standard InChI is InChI=1S/C21H29N5OS/c27-21(24-14-20-23-9-13-28-20)18-2-1-10-26(16-18)19-5-11-25(12-6-19)15-17-3-7-22-8-4-17/h3-4,7-9,13,18-19H,1-2,5-6,10-12,14-16H2,(H,24,27). The monoisotopic (exact) mass is 399 g/mol. The van der Waals surface area contributed by atoms with Crippen molar-refractivity contribution in [2.75, 3.05) is 26.2 Å². The van der Waals surface area contributed by atoms with Crippen LogP contribution in [0, 0.1) is 5.92 Å². The van der Waals surface area contributed by atoms with Gasteiger partial charge >= 0.3 is 0 Å². The average Bonchev–Trinajstić information content (AvgIpc) is 3.27. The Morgan fingerprint density at radius 2 is 1.96 bits per heavy atom. The molecule has 7 heteroatoms. The number of carbonyl (C=O) groups excluding carboxylic acids is 1. The number of hydrogen-bond acceptors (Lipinski definition) is 6. The SMILES string of the molecule is O=C(NCc1nccs1)C1CCCN(C2CCN(Cc3ccncc3)CC2)C1. The normalized spacial score (nSPS) is 22.2. The summed E-state index contributed by atoms with van der Waals surface area (Å²) in [5.74, 6) is 0.304. The van der Waals surface area contributed by atoms with Crippen LogP contribution in [0.4, 0.5) is 0 Å². The molecule has 4 heterocycles. The van der Waals surface area contributed by atoms with Gasteiger partial charge in [-0.25, -0.2) is 4.98 Å². The first kappa shape index (κ1) is 19.5. The largest absolute Gasteiger partial charge is 0.349 e. The number of pyridine rings is 1. The molecule has 0 saturated carbocycles. The third-order valence-corrected chi connectivity index (χ3v) is 6.73. The van der Waals surface area contributed by atoms with Crippen molar-refractivity contribution >= 4 is 17.2 Å². The Morgan fingerprint density at radius 1 is 1.14 bits per heavy atom. The fraction of sp³-hybridized carbons (Fsp3) is 0.571. The van der Waals surface area contributed by atoms with Crippen LogP contribution in [0.3, 0.4) is 0 Å². The summed E-state index contributed by atoms with van der Waals surface area (Å²) in [7, 11) is 0. The molecule has 2 aromatic rings. The van der Waals surface area contributed by atoms with E-state index in [1.807, 2.05) is 17.8 Å². The molecular weight excluding hydrogens is 370 g/mol. The highest BCUT2D eigenvalue weighted by molar-refractivity contribution is 7.09. The summed E-state index contributed by atoms with van der Waals surface area (Å²) in [5.41, 5.74) is 1.34. The maximum atomic E-state index is 12.6. The molecule has 1 amide bonds. The molecule has 0 spiro atoms. The highest BCUT2D eigenvalue weighted by atomic mass is 32.1. The van der Waals surface area contributed by atoms with Crippen LogP contribution in [0.5, 0.6) is 0 Å². The van der Waals surface area contributed by atoms with Crippen molar-refractivity contribution in [3.8, 4) is 0 Å². The van der Waals surface area contributed by atoms with Gasteiger partial charge in [-0.1, -0.05) is 0 Å². The van der Waals surface area contributed by atoms with E-state index in [2.05, 4.69) is 37.2 Å². The van der Waals surface area contributed by atoms with Crippen molar-refractivity contribution in [3.63, 3.8) is 0 Å². The second kappa shape index (κ2) is 9.58. The summed E-state index contributed by atoms with van der Waals surface area (Å²) in [6.07, 6.45) is 10.0. The lowest BCUT2D eigenvalue weighted by molar-refractivity contribution is -0.127. The molecule has 2 fully saturated rings. The Balaban J connectivity index is 1.23. The van der Waals surface area contributed by atoms with Crippen molar-refractivity contribution < 1.29 is 4.79 Å². The van der Waals surface area contributed by atoms with Crippen LogP contribution in [-0.4, -0.2) is 57.9 Å². The quantitative estimate of drug-likeness (QED) is 0.809. The molecule has 6 nitrogen and oxygen atoms in total. The van der Waals surface area contributed by atoms with Crippen molar-refractivity contribution in [1.82, 2.24) is 25.1 Å². The van der Waals surface area contributed by atoms with Crippen LogP contribution >= 0.6 is 11.3 Å².